The number of alkyl carbamates (subject to hydrolysis) is 1. The van der Waals surface area contributed by atoms with Crippen LogP contribution in [0.4, 0.5) is 4.79 Å². The maximum Gasteiger partial charge on any atom is 0.407 e. The lowest BCUT2D eigenvalue weighted by Gasteiger charge is -2.36. The number of nitrogens with zero attached hydrogens (tertiary/aromatic N) is 1. The summed E-state index contributed by atoms with van der Waals surface area (Å²) >= 11 is 7.22. The van der Waals surface area contributed by atoms with Crippen LogP contribution in [0.1, 0.15) is 18.5 Å². The molecule has 5 nitrogen and oxygen atoms in total. The Morgan fingerprint density at radius 3 is 3.12 bits per heavy atom. The number of ether oxygens (including phenoxy) is 1. The van der Waals surface area contributed by atoms with Gasteiger partial charge in [0.15, 0.2) is 4.47 Å². The second-order valence-corrected chi connectivity index (χ2v) is 5.40. The molecule has 17 heavy (non-hydrogen) atoms. The van der Waals surface area contributed by atoms with E-state index in [1.54, 1.807) is 0 Å². The lowest BCUT2D eigenvalue weighted by atomic mass is 9.87. The highest BCUT2D eigenvalue weighted by atomic mass is 35.5. The average Bonchev–Trinajstić information content (AvgIpc) is 2.77. The van der Waals surface area contributed by atoms with E-state index in [2.05, 4.69) is 20.4 Å². The van der Waals surface area contributed by atoms with Crippen molar-refractivity contribution >= 4 is 29.0 Å². The lowest BCUT2D eigenvalue weighted by Crippen LogP contribution is -2.55. The molecule has 0 aliphatic carbocycles. The summed E-state index contributed by atoms with van der Waals surface area (Å²) in [6.45, 7) is 1.59. The molecular formula is C10H14ClN3O2S. The Kier molecular flexibility index (Phi) is 3.86. The molecule has 0 radical (unpaired) electrons. The van der Waals surface area contributed by atoms with Crippen molar-refractivity contribution in [3.63, 3.8) is 0 Å². The number of piperidine rings is 1. The van der Waals surface area contributed by atoms with Gasteiger partial charge in [0.25, 0.3) is 0 Å². The van der Waals surface area contributed by atoms with Gasteiger partial charge in [0.2, 0.25) is 0 Å². The lowest BCUT2D eigenvalue weighted by molar-refractivity contribution is 0.145. The molecule has 1 atom stereocenters. The number of amides is 1. The molecule has 94 valence electrons. The maximum atomic E-state index is 11.4. The Hall–Kier alpha value is -0.850. The van der Waals surface area contributed by atoms with E-state index in [1.165, 1.54) is 18.4 Å². The van der Waals surface area contributed by atoms with Crippen LogP contribution in [0.2, 0.25) is 4.47 Å². The SMILES string of the molecule is COC(=O)NC1(c2csc(Cl)n2)CCCNC1. The van der Waals surface area contributed by atoms with Gasteiger partial charge in [-0.1, -0.05) is 11.6 Å². The third kappa shape index (κ3) is 2.70. The van der Waals surface area contributed by atoms with Crippen molar-refractivity contribution in [3.05, 3.63) is 15.5 Å². The van der Waals surface area contributed by atoms with E-state index < -0.39 is 11.6 Å². The second-order valence-electron chi connectivity index (χ2n) is 3.96. The van der Waals surface area contributed by atoms with Gasteiger partial charge in [-0.05, 0) is 19.4 Å². The second kappa shape index (κ2) is 5.20. The Morgan fingerprint density at radius 1 is 1.76 bits per heavy atom. The third-order valence-electron chi connectivity index (χ3n) is 2.88. The van der Waals surface area contributed by atoms with Gasteiger partial charge in [-0.3, -0.25) is 0 Å². The first kappa shape index (κ1) is 12.6. The fourth-order valence-corrected chi connectivity index (χ4v) is 2.88. The summed E-state index contributed by atoms with van der Waals surface area (Å²) in [5.74, 6) is 0. The van der Waals surface area contributed by atoms with Gasteiger partial charge in [-0.2, -0.15) is 0 Å². The van der Waals surface area contributed by atoms with E-state index in [0.29, 0.717) is 11.0 Å². The molecule has 0 aromatic carbocycles. The van der Waals surface area contributed by atoms with Crippen molar-refractivity contribution in [2.45, 2.75) is 18.4 Å². The van der Waals surface area contributed by atoms with Gasteiger partial charge >= 0.3 is 6.09 Å². The molecule has 1 saturated heterocycles. The molecule has 0 saturated carbocycles. The van der Waals surface area contributed by atoms with Crippen molar-refractivity contribution in [2.75, 3.05) is 20.2 Å². The summed E-state index contributed by atoms with van der Waals surface area (Å²) < 4.78 is 5.15. The number of carbonyl (C=O) groups excluding carboxylic acids is 1. The molecule has 1 aliphatic heterocycles. The minimum atomic E-state index is -0.505. The van der Waals surface area contributed by atoms with E-state index in [4.69, 9.17) is 11.6 Å². The van der Waals surface area contributed by atoms with Crippen LogP contribution in [0, 0.1) is 0 Å². The van der Waals surface area contributed by atoms with Crippen molar-refractivity contribution in [1.29, 1.82) is 0 Å². The van der Waals surface area contributed by atoms with Gasteiger partial charge in [-0.25, -0.2) is 9.78 Å². The minimum Gasteiger partial charge on any atom is -0.453 e. The number of methoxy groups -OCH3 is 1. The van der Waals surface area contributed by atoms with Crippen LogP contribution in [-0.4, -0.2) is 31.3 Å². The largest absolute Gasteiger partial charge is 0.453 e. The molecule has 1 fully saturated rings. The topological polar surface area (TPSA) is 63.2 Å². The van der Waals surface area contributed by atoms with E-state index >= 15 is 0 Å². The predicted molar refractivity (Wildman–Crippen MR) is 66.4 cm³/mol. The number of hydrogen-bond acceptors (Lipinski definition) is 5. The van der Waals surface area contributed by atoms with E-state index in [0.717, 1.165) is 25.1 Å². The molecule has 1 aromatic rings. The molecule has 1 unspecified atom stereocenters. The van der Waals surface area contributed by atoms with Gasteiger partial charge in [0.1, 0.15) is 0 Å². The van der Waals surface area contributed by atoms with Crippen LogP contribution in [0.5, 0.6) is 0 Å². The number of aromatic nitrogens is 1. The highest BCUT2D eigenvalue weighted by molar-refractivity contribution is 7.14. The smallest absolute Gasteiger partial charge is 0.407 e. The zero-order valence-corrected chi connectivity index (χ0v) is 11.0. The molecule has 2 N–H and O–H groups in total. The van der Waals surface area contributed by atoms with Crippen LogP contribution < -0.4 is 10.6 Å². The minimum absolute atomic E-state index is 0.446. The zero-order chi connectivity index (χ0) is 12.3. The van der Waals surface area contributed by atoms with Crippen LogP contribution in [-0.2, 0) is 10.3 Å². The summed E-state index contributed by atoms with van der Waals surface area (Å²) in [5, 5.41) is 8.02. The molecular weight excluding hydrogens is 262 g/mol. The van der Waals surface area contributed by atoms with Gasteiger partial charge < -0.3 is 15.4 Å². The van der Waals surface area contributed by atoms with Crippen LogP contribution in [0.15, 0.2) is 5.38 Å². The van der Waals surface area contributed by atoms with Gasteiger partial charge in [0, 0.05) is 11.9 Å². The van der Waals surface area contributed by atoms with Gasteiger partial charge in [0.05, 0.1) is 18.3 Å². The van der Waals surface area contributed by atoms with Crippen molar-refractivity contribution in [2.24, 2.45) is 0 Å². The molecule has 2 rings (SSSR count). The summed E-state index contributed by atoms with van der Waals surface area (Å²) in [6.07, 6.45) is 1.35. The highest BCUT2D eigenvalue weighted by Crippen LogP contribution is 2.31. The molecule has 0 bridgehead atoms. The van der Waals surface area contributed by atoms with Crippen molar-refractivity contribution < 1.29 is 9.53 Å². The van der Waals surface area contributed by atoms with Crippen LogP contribution in [0.25, 0.3) is 0 Å². The molecule has 0 spiro atoms. The Morgan fingerprint density at radius 2 is 2.59 bits per heavy atom. The summed E-state index contributed by atoms with van der Waals surface area (Å²) in [5.41, 5.74) is 0.291. The fraction of sp³-hybridized carbons (Fsp3) is 0.600. The highest BCUT2D eigenvalue weighted by Gasteiger charge is 2.38. The predicted octanol–water partition coefficient (Wildman–Crippen LogP) is 1.73. The summed E-state index contributed by atoms with van der Waals surface area (Å²) in [7, 11) is 1.35. The average molecular weight is 276 g/mol. The van der Waals surface area contributed by atoms with E-state index in [-0.39, 0.29) is 0 Å². The molecule has 7 heteroatoms. The number of nitrogens with one attached hydrogen (secondary N) is 2. The van der Waals surface area contributed by atoms with E-state index in [9.17, 15) is 4.79 Å². The first-order valence-corrected chi connectivity index (χ1v) is 6.60. The van der Waals surface area contributed by atoms with Crippen molar-refractivity contribution in [1.82, 2.24) is 15.6 Å². The standard InChI is InChI=1S/C10H14ClN3O2S/c1-16-9(15)14-10(3-2-4-12-6-10)7-5-17-8(11)13-7/h5,12H,2-4,6H2,1H3,(H,14,15). The molecule has 1 amide bonds. The molecule has 1 aromatic heterocycles. The first-order valence-electron chi connectivity index (χ1n) is 5.35. The molecule has 2 heterocycles. The monoisotopic (exact) mass is 275 g/mol. The number of thiazole rings is 1. The van der Waals surface area contributed by atoms with Crippen LogP contribution in [0.3, 0.4) is 0 Å². The fourth-order valence-electron chi connectivity index (χ4n) is 2.01. The van der Waals surface area contributed by atoms with Gasteiger partial charge in [-0.15, -0.1) is 11.3 Å². The Labute approximate surface area is 109 Å². The zero-order valence-electron chi connectivity index (χ0n) is 9.46. The Balaban J connectivity index is 2.25. The van der Waals surface area contributed by atoms with Crippen molar-refractivity contribution in [3.8, 4) is 0 Å². The number of halogens is 1. The Bertz CT molecular complexity index is 404. The van der Waals surface area contributed by atoms with Crippen LogP contribution >= 0.6 is 22.9 Å². The summed E-state index contributed by atoms with van der Waals surface area (Å²) in [4.78, 5) is 15.7. The number of rotatable bonds is 2. The first-order chi connectivity index (χ1) is 8.16. The third-order valence-corrected chi connectivity index (χ3v) is 3.86. The number of carbonyl (C=O) groups is 1. The number of hydrogen-bond donors (Lipinski definition) is 2. The molecule has 1 aliphatic rings. The van der Waals surface area contributed by atoms with E-state index in [1.807, 2.05) is 5.38 Å². The summed E-state index contributed by atoms with van der Waals surface area (Å²) in [6, 6.07) is 0. The maximum absolute atomic E-state index is 11.4. The normalized spacial score (nSPS) is 24.4. The quantitative estimate of drug-likeness (QED) is 0.863.